The zero-order valence-corrected chi connectivity index (χ0v) is 17.0. The number of hydrogen-bond donors (Lipinski definition) is 2. The lowest BCUT2D eigenvalue weighted by Crippen LogP contribution is -2.07. The highest BCUT2D eigenvalue weighted by molar-refractivity contribution is 8.93. The summed E-state index contributed by atoms with van der Waals surface area (Å²) in [5.74, 6) is 0.610. The molecule has 4 nitrogen and oxygen atoms in total. The molecule has 0 aliphatic carbocycles. The third-order valence-electron chi connectivity index (χ3n) is 3.01. The van der Waals surface area contributed by atoms with E-state index in [1.165, 1.54) is 30.0 Å². The topological polar surface area (TPSA) is 81.5 Å². The first-order valence-corrected chi connectivity index (χ1v) is 9.21. The predicted octanol–water partition coefficient (Wildman–Crippen LogP) is 5.25. The number of amidine groups is 1. The van der Waals surface area contributed by atoms with Gasteiger partial charge in [0.05, 0.1) is 10.7 Å². The number of nitrogens with two attached hydrogens (primary N) is 2. The van der Waals surface area contributed by atoms with E-state index in [4.69, 9.17) is 23.1 Å². The van der Waals surface area contributed by atoms with Crippen molar-refractivity contribution in [2.75, 3.05) is 0 Å². The molecule has 0 bridgehead atoms. The van der Waals surface area contributed by atoms with Crippen LogP contribution in [0.5, 0.6) is 0 Å². The molecule has 4 N–H and O–H groups in total. The molecule has 25 heavy (non-hydrogen) atoms. The van der Waals surface area contributed by atoms with Crippen molar-refractivity contribution in [1.29, 1.82) is 0 Å². The number of carbonyl (C=O) groups excluding carboxylic acids is 1. The minimum atomic E-state index is -0.497. The highest BCUT2D eigenvalue weighted by Gasteiger charge is 2.06. The molecule has 2 aromatic carbocycles. The van der Waals surface area contributed by atoms with Crippen LogP contribution in [0.25, 0.3) is 0 Å². The molecule has 0 heterocycles. The molecular formula is C16H16BrClFN3OS2. The van der Waals surface area contributed by atoms with E-state index in [1.54, 1.807) is 0 Å². The highest BCUT2D eigenvalue weighted by Crippen LogP contribution is 2.24. The number of hydrogen-bond acceptors (Lipinski definition) is 4. The van der Waals surface area contributed by atoms with E-state index in [1.807, 2.05) is 24.3 Å². The maximum absolute atomic E-state index is 13.1. The Balaban J connectivity index is 0.00000312. The van der Waals surface area contributed by atoms with E-state index in [2.05, 4.69) is 4.99 Å². The Morgan fingerprint density at radius 2 is 1.68 bits per heavy atom. The Bertz CT molecular complexity index is 777. The van der Waals surface area contributed by atoms with Gasteiger partial charge in [-0.1, -0.05) is 59.4 Å². The highest BCUT2D eigenvalue weighted by atomic mass is 79.9. The average molecular weight is 465 g/mol. The normalized spacial score (nSPS) is 11.0. The van der Waals surface area contributed by atoms with E-state index in [9.17, 15) is 9.18 Å². The van der Waals surface area contributed by atoms with Crippen molar-refractivity contribution >= 4 is 68.2 Å². The molecule has 2 aromatic rings. The van der Waals surface area contributed by atoms with Crippen molar-refractivity contribution < 1.29 is 9.18 Å². The Morgan fingerprint density at radius 1 is 1.08 bits per heavy atom. The molecule has 0 atom stereocenters. The van der Waals surface area contributed by atoms with Crippen LogP contribution in [0.2, 0.25) is 5.02 Å². The number of halogens is 3. The van der Waals surface area contributed by atoms with E-state index in [-0.39, 0.29) is 22.0 Å². The molecule has 0 aromatic heterocycles. The number of carbonyl (C=O) groups is 1. The first-order valence-electron chi connectivity index (χ1n) is 6.86. The van der Waals surface area contributed by atoms with Gasteiger partial charge < -0.3 is 11.5 Å². The van der Waals surface area contributed by atoms with Crippen molar-refractivity contribution in [1.82, 2.24) is 0 Å². The number of benzene rings is 2. The fraction of sp³-hybridized carbons (Fsp3) is 0.125. The van der Waals surface area contributed by atoms with E-state index < -0.39 is 11.1 Å². The lowest BCUT2D eigenvalue weighted by Gasteiger charge is -2.08. The first kappa shape index (κ1) is 21.8. The molecule has 0 fully saturated rings. The zero-order valence-electron chi connectivity index (χ0n) is 12.9. The van der Waals surface area contributed by atoms with Gasteiger partial charge in [-0.15, -0.1) is 17.0 Å². The third kappa shape index (κ3) is 7.27. The van der Waals surface area contributed by atoms with Crippen molar-refractivity contribution in [2.24, 2.45) is 16.5 Å². The number of aliphatic imine (C=N–C) groups is 1. The smallest absolute Gasteiger partial charge is 0.276 e. The SMILES string of the molecule is Br.NC(=O)SCc1ccccc1CSC(N)=Nc1ccc(F)c(Cl)c1. The Kier molecular flexibility index (Phi) is 9.34. The van der Waals surface area contributed by atoms with Gasteiger partial charge in [-0.3, -0.25) is 4.79 Å². The number of primary amides is 1. The minimum absolute atomic E-state index is 0. The first-order chi connectivity index (χ1) is 11.5. The molecule has 9 heteroatoms. The molecule has 2 rings (SSSR count). The quantitative estimate of drug-likeness (QED) is 0.468. The Labute approximate surface area is 169 Å². The fourth-order valence-electron chi connectivity index (χ4n) is 1.85. The molecule has 1 amide bonds. The molecule has 134 valence electrons. The molecule has 0 saturated carbocycles. The maximum Gasteiger partial charge on any atom is 0.276 e. The number of nitrogens with zero attached hydrogens (tertiary/aromatic N) is 1. The van der Waals surface area contributed by atoms with Crippen LogP contribution < -0.4 is 11.5 Å². The maximum atomic E-state index is 13.1. The van der Waals surface area contributed by atoms with E-state index in [0.717, 1.165) is 22.9 Å². The second-order valence-electron chi connectivity index (χ2n) is 4.71. The van der Waals surface area contributed by atoms with E-state index >= 15 is 0 Å². The molecule has 0 spiro atoms. The summed E-state index contributed by atoms with van der Waals surface area (Å²) in [5, 5.41) is -0.0652. The molecule has 0 aliphatic heterocycles. The molecule has 0 saturated heterocycles. The van der Waals surface area contributed by atoms with Gasteiger partial charge in [0.1, 0.15) is 5.82 Å². The van der Waals surface area contributed by atoms with Crippen molar-refractivity contribution in [3.8, 4) is 0 Å². The molecule has 0 radical (unpaired) electrons. The van der Waals surface area contributed by atoms with Crippen LogP contribution >= 0.6 is 52.1 Å². The van der Waals surface area contributed by atoms with Gasteiger partial charge in [-0.05, 0) is 29.3 Å². The predicted molar refractivity (Wildman–Crippen MR) is 112 cm³/mol. The van der Waals surface area contributed by atoms with Gasteiger partial charge in [-0.2, -0.15) is 0 Å². The van der Waals surface area contributed by atoms with Crippen LogP contribution in [0.4, 0.5) is 14.9 Å². The van der Waals surface area contributed by atoms with Crippen molar-refractivity contribution in [3.63, 3.8) is 0 Å². The van der Waals surface area contributed by atoms with Gasteiger partial charge in [0.2, 0.25) is 0 Å². The minimum Gasteiger partial charge on any atom is -0.378 e. The van der Waals surface area contributed by atoms with Crippen LogP contribution in [-0.4, -0.2) is 10.4 Å². The Morgan fingerprint density at radius 3 is 2.24 bits per heavy atom. The summed E-state index contributed by atoms with van der Waals surface area (Å²) in [5.41, 5.74) is 13.6. The largest absolute Gasteiger partial charge is 0.378 e. The van der Waals surface area contributed by atoms with Crippen LogP contribution in [-0.2, 0) is 11.5 Å². The third-order valence-corrected chi connectivity index (χ3v) is 4.88. The van der Waals surface area contributed by atoms with Gasteiger partial charge in [-0.25, -0.2) is 9.38 Å². The summed E-state index contributed by atoms with van der Waals surface area (Å²) < 4.78 is 13.1. The second kappa shape index (κ2) is 10.7. The average Bonchev–Trinajstić information content (AvgIpc) is 2.55. The summed E-state index contributed by atoms with van der Waals surface area (Å²) >= 11 is 8.12. The molecular weight excluding hydrogens is 449 g/mol. The number of amides is 1. The van der Waals surface area contributed by atoms with Crippen LogP contribution in [0.3, 0.4) is 0 Å². The van der Waals surface area contributed by atoms with Crippen LogP contribution in [0, 0.1) is 5.82 Å². The van der Waals surface area contributed by atoms with Crippen LogP contribution in [0.15, 0.2) is 47.5 Å². The summed E-state index contributed by atoms with van der Waals surface area (Å²) in [6, 6.07) is 11.9. The van der Waals surface area contributed by atoms with Crippen molar-refractivity contribution in [2.45, 2.75) is 11.5 Å². The van der Waals surface area contributed by atoms with Gasteiger partial charge in [0, 0.05) is 11.5 Å². The molecule has 0 unspecified atom stereocenters. The number of thioether (sulfide) groups is 2. The van der Waals surface area contributed by atoms with E-state index in [0.29, 0.717) is 22.4 Å². The fourth-order valence-corrected chi connectivity index (χ4v) is 3.36. The van der Waals surface area contributed by atoms with Gasteiger partial charge in [0.15, 0.2) is 5.17 Å². The van der Waals surface area contributed by atoms with Crippen molar-refractivity contribution in [3.05, 3.63) is 64.4 Å². The van der Waals surface area contributed by atoms with Gasteiger partial charge >= 0.3 is 0 Å². The van der Waals surface area contributed by atoms with Gasteiger partial charge in [0.25, 0.3) is 5.24 Å². The lowest BCUT2D eigenvalue weighted by atomic mass is 10.1. The standard InChI is InChI=1S/C16H15ClFN3OS2.BrH/c17-13-7-12(5-6-14(13)18)21-15(19)23-8-10-3-1-2-4-11(10)9-24-16(20)22;/h1-7H,8-9H2,(H2,19,21)(H2,20,22);1H. The lowest BCUT2D eigenvalue weighted by molar-refractivity contribution is 0.267. The summed E-state index contributed by atoms with van der Waals surface area (Å²) in [6.45, 7) is 0. The van der Waals surface area contributed by atoms with Crippen LogP contribution in [0.1, 0.15) is 11.1 Å². The monoisotopic (exact) mass is 463 g/mol. The number of rotatable bonds is 5. The molecule has 0 aliphatic rings. The Hall–Kier alpha value is -1.22. The summed E-state index contributed by atoms with van der Waals surface area (Å²) in [4.78, 5) is 15.1. The second-order valence-corrected chi connectivity index (χ2v) is 7.10. The summed E-state index contributed by atoms with van der Waals surface area (Å²) in [6.07, 6.45) is 0. The zero-order chi connectivity index (χ0) is 17.5. The summed E-state index contributed by atoms with van der Waals surface area (Å²) in [7, 11) is 0.